The largest absolute Gasteiger partial charge is 0.277 e. The SMILES string of the molecule is CCn1c(NNC(=O)c2ccncc2)nc2ccccc2c1=O. The summed E-state index contributed by atoms with van der Waals surface area (Å²) in [6.45, 7) is 2.28. The van der Waals surface area contributed by atoms with E-state index in [0.717, 1.165) is 0 Å². The van der Waals surface area contributed by atoms with Crippen LogP contribution in [-0.2, 0) is 6.54 Å². The van der Waals surface area contributed by atoms with Crippen LogP contribution in [0.1, 0.15) is 17.3 Å². The van der Waals surface area contributed by atoms with E-state index in [4.69, 9.17) is 0 Å². The summed E-state index contributed by atoms with van der Waals surface area (Å²) in [5.41, 5.74) is 6.15. The summed E-state index contributed by atoms with van der Waals surface area (Å²) in [5.74, 6) is -0.0453. The van der Waals surface area contributed by atoms with Crippen LogP contribution in [-0.4, -0.2) is 20.4 Å². The fraction of sp³-hybridized carbons (Fsp3) is 0.125. The van der Waals surface area contributed by atoms with Crippen LogP contribution in [0.15, 0.2) is 53.6 Å². The summed E-state index contributed by atoms with van der Waals surface area (Å²) < 4.78 is 1.47. The molecule has 2 aromatic heterocycles. The number of anilines is 1. The van der Waals surface area contributed by atoms with Crippen LogP contribution < -0.4 is 16.4 Å². The first-order valence-electron chi connectivity index (χ1n) is 7.16. The predicted molar refractivity (Wildman–Crippen MR) is 87.0 cm³/mol. The molecular weight excluding hydrogens is 294 g/mol. The molecule has 0 saturated carbocycles. The molecule has 0 aliphatic carbocycles. The van der Waals surface area contributed by atoms with Crippen LogP contribution in [0, 0.1) is 0 Å². The molecule has 2 heterocycles. The summed E-state index contributed by atoms with van der Waals surface area (Å²) in [5, 5.41) is 0.542. The zero-order valence-electron chi connectivity index (χ0n) is 12.5. The Hall–Kier alpha value is -3.22. The van der Waals surface area contributed by atoms with Crippen LogP contribution in [0.3, 0.4) is 0 Å². The molecule has 116 valence electrons. The molecule has 0 radical (unpaired) electrons. The molecule has 2 N–H and O–H groups in total. The molecule has 0 atom stereocenters. The Morgan fingerprint density at radius 2 is 1.91 bits per heavy atom. The van der Waals surface area contributed by atoms with Gasteiger partial charge in [0.25, 0.3) is 11.5 Å². The number of pyridine rings is 1. The second-order valence-electron chi connectivity index (χ2n) is 4.82. The topological polar surface area (TPSA) is 88.9 Å². The van der Waals surface area contributed by atoms with Gasteiger partial charge in [-0.15, -0.1) is 0 Å². The number of rotatable bonds is 4. The van der Waals surface area contributed by atoms with E-state index < -0.39 is 0 Å². The Morgan fingerprint density at radius 3 is 2.65 bits per heavy atom. The van der Waals surface area contributed by atoms with Gasteiger partial charge in [0.2, 0.25) is 5.95 Å². The van der Waals surface area contributed by atoms with Crippen molar-refractivity contribution in [3.63, 3.8) is 0 Å². The van der Waals surface area contributed by atoms with Crippen LogP contribution in [0.5, 0.6) is 0 Å². The van der Waals surface area contributed by atoms with Crippen molar-refractivity contribution in [2.24, 2.45) is 0 Å². The lowest BCUT2D eigenvalue weighted by Crippen LogP contribution is -2.34. The maximum absolute atomic E-state index is 12.5. The smallest absolute Gasteiger partial charge is 0.269 e. The van der Waals surface area contributed by atoms with Crippen molar-refractivity contribution in [1.82, 2.24) is 20.0 Å². The molecule has 0 spiro atoms. The molecule has 1 aromatic carbocycles. The average Bonchev–Trinajstić information content (AvgIpc) is 2.60. The van der Waals surface area contributed by atoms with Crippen LogP contribution in [0.4, 0.5) is 5.95 Å². The molecule has 23 heavy (non-hydrogen) atoms. The number of amides is 1. The number of carbonyl (C=O) groups excluding carboxylic acids is 1. The quantitative estimate of drug-likeness (QED) is 0.714. The third kappa shape index (κ3) is 2.89. The molecule has 7 nitrogen and oxygen atoms in total. The molecular formula is C16H15N5O2. The Kier molecular flexibility index (Phi) is 4.01. The summed E-state index contributed by atoms with van der Waals surface area (Å²) in [7, 11) is 0. The van der Waals surface area contributed by atoms with Gasteiger partial charge in [-0.2, -0.15) is 0 Å². The van der Waals surface area contributed by atoms with Crippen molar-refractivity contribution < 1.29 is 4.79 Å². The minimum atomic E-state index is -0.336. The minimum absolute atomic E-state index is 0.154. The number of aromatic nitrogens is 3. The highest BCUT2D eigenvalue weighted by Crippen LogP contribution is 2.10. The zero-order valence-corrected chi connectivity index (χ0v) is 12.5. The maximum Gasteiger partial charge on any atom is 0.269 e. The summed E-state index contributed by atoms with van der Waals surface area (Å²) in [4.78, 5) is 32.8. The number of nitrogens with zero attached hydrogens (tertiary/aromatic N) is 3. The van der Waals surface area contributed by atoms with E-state index in [1.807, 2.05) is 13.0 Å². The third-order valence-corrected chi connectivity index (χ3v) is 3.41. The normalized spacial score (nSPS) is 10.5. The van der Waals surface area contributed by atoms with E-state index in [2.05, 4.69) is 20.8 Å². The monoisotopic (exact) mass is 309 g/mol. The van der Waals surface area contributed by atoms with Gasteiger partial charge in [0.15, 0.2) is 0 Å². The summed E-state index contributed by atoms with van der Waals surface area (Å²) >= 11 is 0. The van der Waals surface area contributed by atoms with E-state index >= 15 is 0 Å². The molecule has 7 heteroatoms. The molecule has 0 aliphatic heterocycles. The Morgan fingerprint density at radius 1 is 1.17 bits per heavy atom. The number of nitrogens with one attached hydrogen (secondary N) is 2. The number of benzene rings is 1. The standard InChI is InChI=1S/C16H15N5O2/c1-2-21-15(23)12-5-3-4-6-13(12)18-16(21)20-19-14(22)11-7-9-17-10-8-11/h3-10H,2H2,1H3,(H,18,20)(H,19,22). The highest BCUT2D eigenvalue weighted by atomic mass is 16.2. The van der Waals surface area contributed by atoms with E-state index in [1.165, 1.54) is 17.0 Å². The van der Waals surface area contributed by atoms with E-state index in [0.29, 0.717) is 29.0 Å². The van der Waals surface area contributed by atoms with E-state index in [9.17, 15) is 9.59 Å². The van der Waals surface area contributed by atoms with Gasteiger partial charge in [-0.05, 0) is 31.2 Å². The fourth-order valence-electron chi connectivity index (χ4n) is 2.24. The second kappa shape index (κ2) is 6.27. The Labute approximate surface area is 132 Å². The highest BCUT2D eigenvalue weighted by Gasteiger charge is 2.11. The lowest BCUT2D eigenvalue weighted by molar-refractivity contribution is 0.0962. The van der Waals surface area contributed by atoms with Gasteiger partial charge in [-0.3, -0.25) is 30.0 Å². The summed E-state index contributed by atoms with van der Waals surface area (Å²) in [6, 6.07) is 10.3. The zero-order chi connectivity index (χ0) is 16.2. The van der Waals surface area contributed by atoms with E-state index in [1.54, 1.807) is 30.3 Å². The van der Waals surface area contributed by atoms with Crippen LogP contribution in [0.25, 0.3) is 10.9 Å². The lowest BCUT2D eigenvalue weighted by atomic mass is 10.2. The lowest BCUT2D eigenvalue weighted by Gasteiger charge is -2.13. The van der Waals surface area contributed by atoms with Gasteiger partial charge >= 0.3 is 0 Å². The van der Waals surface area contributed by atoms with Gasteiger partial charge in [0, 0.05) is 24.5 Å². The van der Waals surface area contributed by atoms with Gasteiger partial charge in [0.1, 0.15) is 0 Å². The van der Waals surface area contributed by atoms with Gasteiger partial charge in [-0.25, -0.2) is 4.98 Å². The molecule has 1 amide bonds. The fourth-order valence-corrected chi connectivity index (χ4v) is 2.24. The number of hydrazine groups is 1. The Balaban J connectivity index is 1.91. The first kappa shape index (κ1) is 14.7. The second-order valence-corrected chi connectivity index (χ2v) is 4.82. The molecule has 3 rings (SSSR count). The van der Waals surface area contributed by atoms with Crippen molar-refractivity contribution in [2.75, 3.05) is 5.43 Å². The van der Waals surface area contributed by atoms with Crippen molar-refractivity contribution >= 4 is 22.8 Å². The van der Waals surface area contributed by atoms with Crippen LogP contribution >= 0.6 is 0 Å². The minimum Gasteiger partial charge on any atom is -0.277 e. The third-order valence-electron chi connectivity index (χ3n) is 3.41. The maximum atomic E-state index is 12.5. The van der Waals surface area contributed by atoms with Crippen LogP contribution in [0.2, 0.25) is 0 Å². The van der Waals surface area contributed by atoms with Crippen molar-refractivity contribution in [1.29, 1.82) is 0 Å². The molecule has 0 fully saturated rings. The predicted octanol–water partition coefficient (Wildman–Crippen LogP) is 1.57. The Bertz CT molecular complexity index is 905. The molecule has 0 saturated heterocycles. The molecule has 0 aliphatic rings. The van der Waals surface area contributed by atoms with Gasteiger partial charge < -0.3 is 0 Å². The summed E-state index contributed by atoms with van der Waals surface area (Å²) in [6.07, 6.45) is 3.07. The number of hydrogen-bond donors (Lipinski definition) is 2. The average molecular weight is 309 g/mol. The molecule has 0 bridgehead atoms. The van der Waals surface area contributed by atoms with Gasteiger partial charge in [-0.1, -0.05) is 12.1 Å². The molecule has 3 aromatic rings. The van der Waals surface area contributed by atoms with Crippen molar-refractivity contribution in [3.8, 4) is 0 Å². The first-order chi connectivity index (χ1) is 11.2. The van der Waals surface area contributed by atoms with Gasteiger partial charge in [0.05, 0.1) is 10.9 Å². The number of carbonyl (C=O) groups is 1. The highest BCUT2D eigenvalue weighted by molar-refractivity contribution is 5.94. The molecule has 0 unspecified atom stereocenters. The number of hydrogen-bond acceptors (Lipinski definition) is 5. The van der Waals surface area contributed by atoms with Crippen molar-refractivity contribution in [2.45, 2.75) is 13.5 Å². The first-order valence-corrected chi connectivity index (χ1v) is 7.16. The van der Waals surface area contributed by atoms with E-state index in [-0.39, 0.29) is 11.5 Å². The number of fused-ring (bicyclic) bond motifs is 1. The van der Waals surface area contributed by atoms with Crippen molar-refractivity contribution in [3.05, 3.63) is 64.7 Å². The number of para-hydroxylation sites is 1.